The third-order valence-corrected chi connectivity index (χ3v) is 4.85. The second-order valence-electron chi connectivity index (χ2n) is 6.39. The second kappa shape index (κ2) is 5.93. The number of carboxylic acids is 1. The Hall–Kier alpha value is -1.06. The van der Waals surface area contributed by atoms with Gasteiger partial charge in [-0.15, -0.1) is 0 Å². The third-order valence-electron chi connectivity index (χ3n) is 4.85. The summed E-state index contributed by atoms with van der Waals surface area (Å²) in [5, 5.41) is 9.62. The molecule has 4 heteroatoms. The molecule has 2 fully saturated rings. The van der Waals surface area contributed by atoms with Crippen molar-refractivity contribution in [2.45, 2.75) is 58.3 Å². The maximum absolute atomic E-state index is 12.1. The number of nitrogens with zero attached hydrogens (tertiary/aromatic N) is 1. The highest BCUT2D eigenvalue weighted by atomic mass is 16.4. The Kier molecular flexibility index (Phi) is 4.48. The van der Waals surface area contributed by atoms with Crippen molar-refractivity contribution in [3.8, 4) is 0 Å². The summed E-state index contributed by atoms with van der Waals surface area (Å²) >= 11 is 0. The van der Waals surface area contributed by atoms with E-state index in [2.05, 4.69) is 6.92 Å². The summed E-state index contributed by atoms with van der Waals surface area (Å²) in [6.07, 6.45) is 7.00. The summed E-state index contributed by atoms with van der Waals surface area (Å²) in [7, 11) is 0. The lowest BCUT2D eigenvalue weighted by Crippen LogP contribution is -2.47. The first-order valence-electron chi connectivity index (χ1n) is 7.55. The highest BCUT2D eigenvalue weighted by Crippen LogP contribution is 2.40. The van der Waals surface area contributed by atoms with Crippen LogP contribution in [0.3, 0.4) is 0 Å². The average Bonchev–Trinajstić information content (AvgIpc) is 2.58. The van der Waals surface area contributed by atoms with Gasteiger partial charge in [-0.1, -0.05) is 13.3 Å². The number of hydrogen-bond donors (Lipinski definition) is 1. The number of amides is 1. The maximum Gasteiger partial charge on any atom is 0.311 e. The minimum absolute atomic E-state index is 0.150. The van der Waals surface area contributed by atoms with Crippen LogP contribution in [0.15, 0.2) is 0 Å². The van der Waals surface area contributed by atoms with Crippen LogP contribution in [0.25, 0.3) is 0 Å². The van der Waals surface area contributed by atoms with Gasteiger partial charge in [0.1, 0.15) is 0 Å². The number of carboxylic acid groups (broad SMARTS) is 1. The lowest BCUT2D eigenvalue weighted by Gasteiger charge is -2.39. The molecule has 0 unspecified atom stereocenters. The van der Waals surface area contributed by atoms with Gasteiger partial charge in [0.05, 0.1) is 5.41 Å². The zero-order chi connectivity index (χ0) is 13.9. The van der Waals surface area contributed by atoms with Crippen molar-refractivity contribution >= 4 is 11.9 Å². The molecular formula is C15H25NO3. The predicted molar refractivity (Wildman–Crippen MR) is 72.7 cm³/mol. The molecular weight excluding hydrogens is 242 g/mol. The van der Waals surface area contributed by atoms with Crippen LogP contribution in [-0.4, -0.2) is 35.0 Å². The molecule has 0 radical (unpaired) electrons. The molecule has 1 heterocycles. The van der Waals surface area contributed by atoms with Crippen LogP contribution in [0.4, 0.5) is 0 Å². The summed E-state index contributed by atoms with van der Waals surface area (Å²) < 4.78 is 0. The Morgan fingerprint density at radius 2 is 2.00 bits per heavy atom. The Balaban J connectivity index is 2.07. The second-order valence-corrected chi connectivity index (χ2v) is 6.39. The predicted octanol–water partition coefficient (Wildman–Crippen LogP) is 2.67. The van der Waals surface area contributed by atoms with Crippen molar-refractivity contribution in [3.05, 3.63) is 0 Å². The zero-order valence-electron chi connectivity index (χ0n) is 11.9. The number of aliphatic carboxylic acids is 1. The van der Waals surface area contributed by atoms with Crippen molar-refractivity contribution in [2.24, 2.45) is 11.3 Å². The quantitative estimate of drug-likeness (QED) is 0.855. The van der Waals surface area contributed by atoms with Gasteiger partial charge in [-0.2, -0.15) is 0 Å². The summed E-state index contributed by atoms with van der Waals surface area (Å²) in [5.74, 6) is 0.0560. The van der Waals surface area contributed by atoms with E-state index in [0.717, 1.165) is 38.6 Å². The number of hydrogen-bond acceptors (Lipinski definition) is 2. The van der Waals surface area contributed by atoms with Gasteiger partial charge in [0.25, 0.3) is 0 Å². The molecule has 0 bridgehead atoms. The van der Waals surface area contributed by atoms with Crippen LogP contribution < -0.4 is 0 Å². The summed E-state index contributed by atoms with van der Waals surface area (Å²) in [5.41, 5.74) is -0.688. The molecule has 108 valence electrons. The van der Waals surface area contributed by atoms with E-state index < -0.39 is 11.4 Å². The number of carbonyl (C=O) groups excluding carboxylic acids is 1. The van der Waals surface area contributed by atoms with E-state index in [1.807, 2.05) is 4.90 Å². The average molecular weight is 267 g/mol. The molecule has 1 N–H and O–H groups in total. The molecule has 0 atom stereocenters. The molecule has 0 aromatic heterocycles. The van der Waals surface area contributed by atoms with Crippen molar-refractivity contribution < 1.29 is 14.7 Å². The van der Waals surface area contributed by atoms with Gasteiger partial charge in [0.2, 0.25) is 5.91 Å². The Labute approximate surface area is 115 Å². The van der Waals surface area contributed by atoms with Crippen molar-refractivity contribution in [3.63, 3.8) is 0 Å². The Bertz CT molecular complexity index is 345. The fraction of sp³-hybridized carbons (Fsp3) is 0.867. The minimum atomic E-state index is -0.712. The van der Waals surface area contributed by atoms with Gasteiger partial charge in [-0.25, -0.2) is 0 Å². The van der Waals surface area contributed by atoms with Gasteiger partial charge >= 0.3 is 5.97 Å². The number of likely N-dealkylation sites (tertiary alicyclic amines) is 1. The molecule has 1 saturated heterocycles. The minimum Gasteiger partial charge on any atom is -0.481 e. The first-order valence-corrected chi connectivity index (χ1v) is 7.55. The maximum atomic E-state index is 12.1. The standard InChI is InChI=1S/C15H25NO3/c1-12-6-8-15(9-7-12,14(18)19)11-16-10-4-2-3-5-13(16)17/h12H,2-11H2,1H3,(H,18,19). The monoisotopic (exact) mass is 267 g/mol. The van der Waals surface area contributed by atoms with Crippen molar-refractivity contribution in [1.29, 1.82) is 0 Å². The zero-order valence-corrected chi connectivity index (χ0v) is 11.9. The highest BCUT2D eigenvalue weighted by molar-refractivity contribution is 5.79. The molecule has 1 aliphatic carbocycles. The normalized spacial score (nSPS) is 33.0. The van der Waals surface area contributed by atoms with E-state index in [1.165, 1.54) is 0 Å². The number of rotatable bonds is 3. The largest absolute Gasteiger partial charge is 0.481 e. The first kappa shape index (κ1) is 14.4. The van der Waals surface area contributed by atoms with Gasteiger partial charge in [0, 0.05) is 19.5 Å². The smallest absolute Gasteiger partial charge is 0.311 e. The van der Waals surface area contributed by atoms with Crippen LogP contribution in [0.2, 0.25) is 0 Å². The molecule has 1 aliphatic heterocycles. The fourth-order valence-electron chi connectivity index (χ4n) is 3.33. The van der Waals surface area contributed by atoms with E-state index >= 15 is 0 Å². The Morgan fingerprint density at radius 3 is 2.63 bits per heavy atom. The van der Waals surface area contributed by atoms with Crippen molar-refractivity contribution in [1.82, 2.24) is 4.90 Å². The molecule has 1 amide bonds. The van der Waals surface area contributed by atoms with E-state index in [4.69, 9.17) is 0 Å². The van der Waals surface area contributed by atoms with Gasteiger partial charge in [0.15, 0.2) is 0 Å². The molecule has 1 saturated carbocycles. The van der Waals surface area contributed by atoms with Crippen molar-refractivity contribution in [2.75, 3.05) is 13.1 Å². The van der Waals surface area contributed by atoms with Gasteiger partial charge in [-0.05, 0) is 44.4 Å². The Morgan fingerprint density at radius 1 is 1.32 bits per heavy atom. The number of carbonyl (C=O) groups is 2. The van der Waals surface area contributed by atoms with Crippen LogP contribution in [-0.2, 0) is 9.59 Å². The molecule has 0 spiro atoms. The molecule has 2 aliphatic rings. The van der Waals surface area contributed by atoms with Gasteiger partial charge in [-0.3, -0.25) is 9.59 Å². The van der Waals surface area contributed by atoms with Gasteiger partial charge < -0.3 is 10.0 Å². The van der Waals surface area contributed by atoms with E-state index in [9.17, 15) is 14.7 Å². The third kappa shape index (κ3) is 3.28. The van der Waals surface area contributed by atoms with Crippen LogP contribution in [0.5, 0.6) is 0 Å². The molecule has 19 heavy (non-hydrogen) atoms. The molecule has 2 rings (SSSR count). The lowest BCUT2D eigenvalue weighted by molar-refractivity contribution is -0.154. The highest BCUT2D eigenvalue weighted by Gasteiger charge is 2.43. The van der Waals surface area contributed by atoms with E-state index in [1.54, 1.807) is 0 Å². The van der Waals surface area contributed by atoms with E-state index in [-0.39, 0.29) is 5.91 Å². The summed E-state index contributed by atoms with van der Waals surface area (Å²) in [6.45, 7) is 3.35. The molecule has 0 aromatic rings. The van der Waals surface area contributed by atoms with Crippen LogP contribution in [0, 0.1) is 11.3 Å². The van der Waals surface area contributed by atoms with E-state index in [0.29, 0.717) is 31.7 Å². The molecule has 4 nitrogen and oxygen atoms in total. The molecule has 0 aromatic carbocycles. The first-order chi connectivity index (χ1) is 9.03. The summed E-state index contributed by atoms with van der Waals surface area (Å²) in [6, 6.07) is 0. The summed E-state index contributed by atoms with van der Waals surface area (Å²) in [4.78, 5) is 25.6. The SMILES string of the molecule is CC1CCC(CN2CCCCCC2=O)(C(=O)O)CC1. The van der Waals surface area contributed by atoms with Crippen LogP contribution >= 0.6 is 0 Å². The topological polar surface area (TPSA) is 57.6 Å². The lowest BCUT2D eigenvalue weighted by atomic mass is 9.70. The van der Waals surface area contributed by atoms with Crippen LogP contribution in [0.1, 0.15) is 58.3 Å². The fourth-order valence-corrected chi connectivity index (χ4v) is 3.33.